The maximum Gasteiger partial charge on any atom is 0.261 e. The Balaban J connectivity index is 1.94. The molecule has 0 unspecified atom stereocenters. The minimum absolute atomic E-state index is 0.185. The van der Waals surface area contributed by atoms with Gasteiger partial charge in [-0.2, -0.15) is 0 Å². The molecule has 1 saturated carbocycles. The number of benzene rings is 1. The molecular formula is C13H12N2O3. The second kappa shape index (κ2) is 3.66. The summed E-state index contributed by atoms with van der Waals surface area (Å²) < 4.78 is 0. The van der Waals surface area contributed by atoms with Gasteiger partial charge in [-0.1, -0.05) is 0 Å². The predicted octanol–water partition coefficient (Wildman–Crippen LogP) is 0.805. The smallest absolute Gasteiger partial charge is 0.261 e. The van der Waals surface area contributed by atoms with E-state index in [9.17, 15) is 14.4 Å². The normalized spacial score (nSPS) is 17.9. The predicted molar refractivity (Wildman–Crippen MR) is 63.4 cm³/mol. The van der Waals surface area contributed by atoms with Crippen molar-refractivity contribution < 1.29 is 14.4 Å². The van der Waals surface area contributed by atoms with Crippen LogP contribution in [0.25, 0.3) is 0 Å². The average Bonchev–Trinajstić information content (AvgIpc) is 3.15. The van der Waals surface area contributed by atoms with Crippen molar-refractivity contribution in [1.82, 2.24) is 10.2 Å². The third-order valence-corrected chi connectivity index (χ3v) is 3.26. The Morgan fingerprint density at radius 3 is 2.56 bits per heavy atom. The molecule has 0 bridgehead atoms. The van der Waals surface area contributed by atoms with Gasteiger partial charge < -0.3 is 5.32 Å². The lowest BCUT2D eigenvalue weighted by Gasteiger charge is -2.04. The van der Waals surface area contributed by atoms with E-state index in [2.05, 4.69) is 5.32 Å². The maximum atomic E-state index is 11.8. The minimum Gasteiger partial charge on any atom is -0.349 e. The maximum absolute atomic E-state index is 11.8. The molecule has 1 aliphatic heterocycles. The van der Waals surface area contributed by atoms with Crippen LogP contribution in [0.15, 0.2) is 18.2 Å². The van der Waals surface area contributed by atoms with E-state index in [-0.39, 0.29) is 23.8 Å². The van der Waals surface area contributed by atoms with Crippen molar-refractivity contribution in [3.05, 3.63) is 34.9 Å². The molecule has 5 heteroatoms. The van der Waals surface area contributed by atoms with Gasteiger partial charge in [0.15, 0.2) is 0 Å². The van der Waals surface area contributed by atoms with Crippen LogP contribution in [0, 0.1) is 0 Å². The van der Waals surface area contributed by atoms with Crippen LogP contribution in [0.4, 0.5) is 0 Å². The molecule has 0 aromatic heterocycles. The number of carbonyl (C=O) groups excluding carboxylic acids is 3. The zero-order valence-electron chi connectivity index (χ0n) is 9.90. The number of carbonyl (C=O) groups is 3. The second-order valence-electron chi connectivity index (χ2n) is 4.68. The number of hydrogen-bond donors (Lipinski definition) is 1. The number of amides is 3. The molecule has 18 heavy (non-hydrogen) atoms. The van der Waals surface area contributed by atoms with Gasteiger partial charge in [-0.25, -0.2) is 0 Å². The quantitative estimate of drug-likeness (QED) is 0.783. The van der Waals surface area contributed by atoms with Gasteiger partial charge in [-0.15, -0.1) is 0 Å². The number of imide groups is 1. The van der Waals surface area contributed by atoms with Gasteiger partial charge in [0.1, 0.15) is 0 Å². The van der Waals surface area contributed by atoms with E-state index in [1.165, 1.54) is 13.1 Å². The van der Waals surface area contributed by atoms with Crippen LogP contribution in [0.5, 0.6) is 0 Å². The van der Waals surface area contributed by atoms with Crippen molar-refractivity contribution >= 4 is 17.7 Å². The van der Waals surface area contributed by atoms with E-state index in [0.29, 0.717) is 16.7 Å². The van der Waals surface area contributed by atoms with Gasteiger partial charge in [0.25, 0.3) is 17.7 Å². The number of nitrogens with zero attached hydrogens (tertiary/aromatic N) is 1. The second-order valence-corrected chi connectivity index (χ2v) is 4.68. The average molecular weight is 244 g/mol. The SMILES string of the molecule is CN1C(=O)c2ccc(C(=O)NC3CC3)cc2C1=O. The fourth-order valence-corrected chi connectivity index (χ4v) is 2.00. The fraction of sp³-hybridized carbons (Fsp3) is 0.308. The van der Waals surface area contributed by atoms with Crippen LogP contribution in [0.1, 0.15) is 43.9 Å². The Labute approximate surface area is 104 Å². The summed E-state index contributed by atoms with van der Waals surface area (Å²) in [5, 5.41) is 2.85. The van der Waals surface area contributed by atoms with Gasteiger partial charge in [0.2, 0.25) is 0 Å². The zero-order chi connectivity index (χ0) is 12.9. The van der Waals surface area contributed by atoms with Crippen molar-refractivity contribution in [3.63, 3.8) is 0 Å². The van der Waals surface area contributed by atoms with Crippen molar-refractivity contribution in [2.75, 3.05) is 7.05 Å². The van der Waals surface area contributed by atoms with Crippen molar-refractivity contribution in [3.8, 4) is 0 Å². The van der Waals surface area contributed by atoms with Gasteiger partial charge in [0, 0.05) is 18.7 Å². The minimum atomic E-state index is -0.351. The molecule has 1 fully saturated rings. The molecule has 2 aliphatic rings. The Morgan fingerprint density at radius 2 is 1.89 bits per heavy atom. The Morgan fingerprint density at radius 1 is 1.22 bits per heavy atom. The van der Waals surface area contributed by atoms with Crippen molar-refractivity contribution in [2.45, 2.75) is 18.9 Å². The van der Waals surface area contributed by atoms with Gasteiger partial charge in [-0.3, -0.25) is 19.3 Å². The molecule has 1 heterocycles. The molecule has 0 spiro atoms. The molecule has 3 amide bonds. The van der Waals surface area contributed by atoms with E-state index >= 15 is 0 Å². The van der Waals surface area contributed by atoms with Gasteiger partial charge in [-0.05, 0) is 31.0 Å². The van der Waals surface area contributed by atoms with Crippen molar-refractivity contribution in [1.29, 1.82) is 0 Å². The van der Waals surface area contributed by atoms with E-state index in [0.717, 1.165) is 17.7 Å². The number of nitrogens with one attached hydrogen (secondary N) is 1. The number of fused-ring (bicyclic) bond motifs is 1. The van der Waals surface area contributed by atoms with Crippen LogP contribution in [0.3, 0.4) is 0 Å². The first kappa shape index (κ1) is 11.0. The van der Waals surface area contributed by atoms with Crippen LogP contribution >= 0.6 is 0 Å². The van der Waals surface area contributed by atoms with E-state index in [1.54, 1.807) is 12.1 Å². The van der Waals surface area contributed by atoms with E-state index in [4.69, 9.17) is 0 Å². The highest BCUT2D eigenvalue weighted by molar-refractivity contribution is 6.21. The topological polar surface area (TPSA) is 66.5 Å². The van der Waals surface area contributed by atoms with Crippen LogP contribution in [-0.4, -0.2) is 35.7 Å². The third-order valence-electron chi connectivity index (χ3n) is 3.26. The Kier molecular flexibility index (Phi) is 2.23. The van der Waals surface area contributed by atoms with Crippen LogP contribution in [0.2, 0.25) is 0 Å². The standard InChI is InChI=1S/C13H12N2O3/c1-15-12(17)9-5-2-7(6-10(9)13(15)18)11(16)14-8-3-4-8/h2,5-6,8H,3-4H2,1H3,(H,14,16). The molecule has 0 atom stereocenters. The molecule has 0 radical (unpaired) electrons. The van der Waals surface area contributed by atoms with Crippen LogP contribution in [-0.2, 0) is 0 Å². The molecule has 0 saturated heterocycles. The summed E-state index contributed by atoms with van der Waals surface area (Å²) in [5.41, 5.74) is 1.11. The summed E-state index contributed by atoms with van der Waals surface area (Å²) in [6.45, 7) is 0. The monoisotopic (exact) mass is 244 g/mol. The lowest BCUT2D eigenvalue weighted by atomic mass is 10.1. The first-order valence-electron chi connectivity index (χ1n) is 5.85. The summed E-state index contributed by atoms with van der Waals surface area (Å²) in [7, 11) is 1.44. The molecule has 1 aromatic rings. The lowest BCUT2D eigenvalue weighted by molar-refractivity contribution is 0.0693. The highest BCUT2D eigenvalue weighted by atomic mass is 16.2. The molecule has 92 valence electrons. The summed E-state index contributed by atoms with van der Waals surface area (Å²) >= 11 is 0. The third kappa shape index (κ3) is 1.59. The molecule has 1 N–H and O–H groups in total. The zero-order valence-corrected chi connectivity index (χ0v) is 9.90. The Bertz CT molecular complexity index is 576. The molecule has 5 nitrogen and oxygen atoms in total. The first-order chi connectivity index (χ1) is 8.58. The summed E-state index contributed by atoms with van der Waals surface area (Å²) in [5.74, 6) is -0.852. The largest absolute Gasteiger partial charge is 0.349 e. The molecule has 1 aromatic carbocycles. The van der Waals surface area contributed by atoms with E-state index in [1.807, 2.05) is 0 Å². The van der Waals surface area contributed by atoms with Crippen molar-refractivity contribution in [2.24, 2.45) is 0 Å². The number of rotatable bonds is 2. The Hall–Kier alpha value is -2.17. The molecule has 1 aliphatic carbocycles. The van der Waals surface area contributed by atoms with E-state index < -0.39 is 0 Å². The van der Waals surface area contributed by atoms with Gasteiger partial charge >= 0.3 is 0 Å². The molecule has 3 rings (SSSR count). The lowest BCUT2D eigenvalue weighted by Crippen LogP contribution is -2.25. The highest BCUT2D eigenvalue weighted by Crippen LogP contribution is 2.24. The first-order valence-corrected chi connectivity index (χ1v) is 5.85. The highest BCUT2D eigenvalue weighted by Gasteiger charge is 2.33. The summed E-state index contributed by atoms with van der Waals surface area (Å²) in [6.07, 6.45) is 2.02. The summed E-state index contributed by atoms with van der Waals surface area (Å²) in [4.78, 5) is 36.4. The number of hydrogen-bond acceptors (Lipinski definition) is 3. The summed E-state index contributed by atoms with van der Waals surface area (Å²) in [6, 6.07) is 4.89. The van der Waals surface area contributed by atoms with Crippen LogP contribution < -0.4 is 5.32 Å². The van der Waals surface area contributed by atoms with Gasteiger partial charge in [0.05, 0.1) is 11.1 Å². The molecular weight excluding hydrogens is 232 g/mol. The fourth-order valence-electron chi connectivity index (χ4n) is 2.00.